The first-order valence-electron chi connectivity index (χ1n) is 2.11. The molecular formula is C4H5BrN2S. The van der Waals surface area contributed by atoms with Crippen molar-refractivity contribution in [3.8, 4) is 0 Å². The molecule has 8 heavy (non-hydrogen) atoms. The molecule has 1 N–H and O–H groups in total. The van der Waals surface area contributed by atoms with Crippen LogP contribution in [0.3, 0.4) is 0 Å². The van der Waals surface area contributed by atoms with Gasteiger partial charge in [-0.15, -0.1) is 11.3 Å². The highest BCUT2D eigenvalue weighted by Gasteiger charge is 1.92. The van der Waals surface area contributed by atoms with Crippen molar-refractivity contribution >= 4 is 32.4 Å². The number of hydrogen-bond acceptors (Lipinski definition) is 3. The maximum atomic E-state index is 4.05. The lowest BCUT2D eigenvalue weighted by Crippen LogP contribution is -1.83. The third-order valence-electron chi connectivity index (χ3n) is 0.690. The molecule has 44 valence electrons. The zero-order chi connectivity index (χ0) is 5.98. The monoisotopic (exact) mass is 192 g/mol. The van der Waals surface area contributed by atoms with Crippen LogP contribution in [0, 0.1) is 0 Å². The summed E-state index contributed by atoms with van der Waals surface area (Å²) in [6.07, 6.45) is 0. The minimum atomic E-state index is 0.895. The predicted molar refractivity (Wildman–Crippen MR) is 39.4 cm³/mol. The maximum Gasteiger partial charge on any atom is 0.183 e. The summed E-state index contributed by atoms with van der Waals surface area (Å²) in [6.45, 7) is 0. The topological polar surface area (TPSA) is 24.9 Å². The first-order chi connectivity index (χ1) is 3.83. The first kappa shape index (κ1) is 6.04. The zero-order valence-corrected chi connectivity index (χ0v) is 6.71. The van der Waals surface area contributed by atoms with Crippen LogP contribution >= 0.6 is 27.3 Å². The Labute approximate surface area is 60.1 Å². The Bertz CT molecular complexity index is 174. The Hall–Kier alpha value is -0.0900. The van der Waals surface area contributed by atoms with E-state index in [1.54, 1.807) is 11.3 Å². The van der Waals surface area contributed by atoms with Crippen LogP contribution in [0.4, 0.5) is 5.13 Å². The van der Waals surface area contributed by atoms with Gasteiger partial charge >= 0.3 is 0 Å². The minimum absolute atomic E-state index is 0.895. The number of hydrogen-bond donors (Lipinski definition) is 1. The Balaban J connectivity index is 2.84. The highest BCUT2D eigenvalue weighted by atomic mass is 79.9. The van der Waals surface area contributed by atoms with E-state index in [9.17, 15) is 0 Å². The van der Waals surface area contributed by atoms with Gasteiger partial charge in [0.1, 0.15) is 4.60 Å². The van der Waals surface area contributed by atoms with Crippen molar-refractivity contribution in [1.29, 1.82) is 0 Å². The maximum absolute atomic E-state index is 4.05. The van der Waals surface area contributed by atoms with Crippen LogP contribution in [-0.4, -0.2) is 12.0 Å². The molecule has 1 aromatic rings. The van der Waals surface area contributed by atoms with E-state index in [-0.39, 0.29) is 0 Å². The summed E-state index contributed by atoms with van der Waals surface area (Å²) in [5, 5.41) is 5.80. The molecule has 2 nitrogen and oxygen atoms in total. The van der Waals surface area contributed by atoms with Crippen LogP contribution < -0.4 is 5.32 Å². The first-order valence-corrected chi connectivity index (χ1v) is 3.79. The summed E-state index contributed by atoms with van der Waals surface area (Å²) in [5.74, 6) is 0. The highest BCUT2D eigenvalue weighted by Crippen LogP contribution is 2.17. The van der Waals surface area contributed by atoms with Crippen molar-refractivity contribution in [2.24, 2.45) is 0 Å². The molecule has 0 aliphatic heterocycles. The number of rotatable bonds is 1. The molecule has 0 atom stereocenters. The van der Waals surface area contributed by atoms with E-state index in [0.717, 1.165) is 9.73 Å². The number of nitrogens with zero attached hydrogens (tertiary/aromatic N) is 1. The van der Waals surface area contributed by atoms with Gasteiger partial charge in [0.05, 0.1) is 0 Å². The standard InChI is InChI=1S/C4H5BrN2S/c1-6-4-7-3(5)2-8-4/h2H,1H3,(H,6,7). The number of nitrogens with one attached hydrogen (secondary N) is 1. The van der Waals surface area contributed by atoms with Crippen molar-refractivity contribution in [3.63, 3.8) is 0 Å². The summed E-state index contributed by atoms with van der Waals surface area (Å²) in [7, 11) is 1.85. The van der Waals surface area contributed by atoms with E-state index >= 15 is 0 Å². The highest BCUT2D eigenvalue weighted by molar-refractivity contribution is 9.10. The van der Waals surface area contributed by atoms with Gasteiger partial charge < -0.3 is 5.32 Å². The number of thiazole rings is 1. The van der Waals surface area contributed by atoms with E-state index in [2.05, 4.69) is 26.2 Å². The molecule has 0 saturated heterocycles. The molecule has 1 rings (SSSR count). The van der Waals surface area contributed by atoms with Crippen LogP contribution in [-0.2, 0) is 0 Å². The zero-order valence-electron chi connectivity index (χ0n) is 4.31. The Morgan fingerprint density at radius 3 is 2.88 bits per heavy atom. The summed E-state index contributed by atoms with van der Waals surface area (Å²) in [6, 6.07) is 0. The molecule has 0 spiro atoms. The van der Waals surface area contributed by atoms with Gasteiger partial charge in [-0.25, -0.2) is 4.98 Å². The molecule has 0 aliphatic rings. The second-order valence-corrected chi connectivity index (χ2v) is 2.90. The molecule has 1 heterocycles. The molecular weight excluding hydrogens is 188 g/mol. The lowest BCUT2D eigenvalue weighted by atomic mass is 11.0. The third kappa shape index (κ3) is 1.20. The Morgan fingerprint density at radius 1 is 1.88 bits per heavy atom. The van der Waals surface area contributed by atoms with Crippen molar-refractivity contribution in [2.45, 2.75) is 0 Å². The van der Waals surface area contributed by atoms with Crippen LogP contribution in [0.1, 0.15) is 0 Å². The van der Waals surface area contributed by atoms with Crippen molar-refractivity contribution < 1.29 is 0 Å². The van der Waals surface area contributed by atoms with Crippen LogP contribution in [0.25, 0.3) is 0 Å². The average Bonchev–Trinajstić information content (AvgIpc) is 2.14. The molecule has 1 aromatic heterocycles. The van der Waals surface area contributed by atoms with Crippen molar-refractivity contribution in [1.82, 2.24) is 4.98 Å². The molecule has 0 amide bonds. The lowest BCUT2D eigenvalue weighted by Gasteiger charge is -1.84. The number of halogens is 1. The fraction of sp³-hybridized carbons (Fsp3) is 0.250. The van der Waals surface area contributed by atoms with E-state index in [4.69, 9.17) is 0 Å². The fourth-order valence-corrected chi connectivity index (χ4v) is 1.47. The lowest BCUT2D eigenvalue weighted by molar-refractivity contribution is 1.33. The Kier molecular flexibility index (Phi) is 1.85. The van der Waals surface area contributed by atoms with Gasteiger partial charge in [-0.05, 0) is 15.9 Å². The average molecular weight is 193 g/mol. The van der Waals surface area contributed by atoms with Crippen molar-refractivity contribution in [3.05, 3.63) is 9.98 Å². The second-order valence-electron chi connectivity index (χ2n) is 1.23. The number of anilines is 1. The normalized spacial score (nSPS) is 9.25. The van der Waals surface area contributed by atoms with E-state index in [1.165, 1.54) is 0 Å². The quantitative estimate of drug-likeness (QED) is 0.737. The van der Waals surface area contributed by atoms with Gasteiger partial charge in [0.15, 0.2) is 5.13 Å². The molecule has 0 unspecified atom stereocenters. The fourth-order valence-electron chi connectivity index (χ4n) is 0.369. The molecule has 0 fully saturated rings. The van der Waals surface area contributed by atoms with E-state index in [0.29, 0.717) is 0 Å². The molecule has 0 bridgehead atoms. The van der Waals surface area contributed by atoms with E-state index < -0.39 is 0 Å². The van der Waals surface area contributed by atoms with Gasteiger partial charge in [0.25, 0.3) is 0 Å². The largest absolute Gasteiger partial charge is 0.365 e. The van der Waals surface area contributed by atoms with Gasteiger partial charge in [-0.3, -0.25) is 0 Å². The van der Waals surface area contributed by atoms with Crippen LogP contribution in [0.15, 0.2) is 9.98 Å². The number of aromatic nitrogens is 1. The molecule has 0 aliphatic carbocycles. The minimum Gasteiger partial charge on any atom is -0.365 e. The molecule has 0 saturated carbocycles. The summed E-state index contributed by atoms with van der Waals surface area (Å²) in [5.41, 5.74) is 0. The van der Waals surface area contributed by atoms with Crippen LogP contribution in [0.2, 0.25) is 0 Å². The summed E-state index contributed by atoms with van der Waals surface area (Å²) in [4.78, 5) is 4.05. The Morgan fingerprint density at radius 2 is 2.62 bits per heavy atom. The van der Waals surface area contributed by atoms with Gasteiger partial charge in [0, 0.05) is 12.4 Å². The molecule has 0 aromatic carbocycles. The SMILES string of the molecule is CNc1nc(Br)cs1. The van der Waals surface area contributed by atoms with Crippen LogP contribution in [0.5, 0.6) is 0 Å². The van der Waals surface area contributed by atoms with Gasteiger partial charge in [-0.2, -0.15) is 0 Å². The van der Waals surface area contributed by atoms with Gasteiger partial charge in [0.2, 0.25) is 0 Å². The van der Waals surface area contributed by atoms with Crippen molar-refractivity contribution in [2.75, 3.05) is 12.4 Å². The summed E-state index contributed by atoms with van der Waals surface area (Å²) < 4.78 is 0.895. The second kappa shape index (κ2) is 2.46. The smallest absolute Gasteiger partial charge is 0.183 e. The summed E-state index contributed by atoms with van der Waals surface area (Å²) >= 11 is 4.81. The third-order valence-corrected chi connectivity index (χ3v) is 2.26. The van der Waals surface area contributed by atoms with E-state index in [1.807, 2.05) is 12.4 Å². The molecule has 0 radical (unpaired) electrons. The molecule has 4 heteroatoms. The van der Waals surface area contributed by atoms with Gasteiger partial charge in [-0.1, -0.05) is 0 Å². The predicted octanol–water partition coefficient (Wildman–Crippen LogP) is 1.95.